The van der Waals surface area contributed by atoms with E-state index in [2.05, 4.69) is 17.1 Å². The maximum absolute atomic E-state index is 5.52. The minimum atomic E-state index is 0.827. The van der Waals surface area contributed by atoms with E-state index in [1.165, 1.54) is 4.70 Å². The highest BCUT2D eigenvalue weighted by molar-refractivity contribution is 7.21. The van der Waals surface area contributed by atoms with E-state index in [1.807, 2.05) is 42.6 Å². The van der Waals surface area contributed by atoms with Crippen LogP contribution in [0.15, 0.2) is 53.5 Å². The summed E-state index contributed by atoms with van der Waals surface area (Å²) in [5.74, 6) is 1.71. The lowest BCUT2D eigenvalue weighted by molar-refractivity contribution is 0.415. The highest BCUT2D eigenvalue weighted by Gasteiger charge is 2.10. The summed E-state index contributed by atoms with van der Waals surface area (Å²) in [5.41, 5.74) is 0.885. The quantitative estimate of drug-likeness (QED) is 0.655. The first kappa shape index (κ1) is 13.6. The van der Waals surface area contributed by atoms with Crippen molar-refractivity contribution in [1.82, 2.24) is 0 Å². The molecule has 2 aromatic carbocycles. The van der Waals surface area contributed by atoms with E-state index < -0.39 is 0 Å². The van der Waals surface area contributed by atoms with Crippen LogP contribution in [0.25, 0.3) is 10.1 Å². The van der Waals surface area contributed by atoms with E-state index in [0.717, 1.165) is 27.4 Å². The summed E-state index contributed by atoms with van der Waals surface area (Å²) >= 11 is 1.68. The molecule has 0 bridgehead atoms. The summed E-state index contributed by atoms with van der Waals surface area (Å²) < 4.78 is 11.9. The molecule has 0 N–H and O–H groups in total. The molecule has 0 spiro atoms. The lowest BCUT2D eigenvalue weighted by Gasteiger charge is -2.00. The van der Waals surface area contributed by atoms with Crippen LogP contribution in [0.5, 0.6) is 11.5 Å². The smallest absolute Gasteiger partial charge is 0.146 e. The minimum Gasteiger partial charge on any atom is -0.497 e. The molecular weight excluding hydrogens is 282 g/mol. The SMILES string of the molecule is COc1ccc(N=Cc2sc3ccccc3c2OC)cc1. The monoisotopic (exact) mass is 297 g/mol. The Bertz CT molecular complexity index is 775. The van der Waals surface area contributed by atoms with Gasteiger partial charge in [0.05, 0.1) is 24.8 Å². The van der Waals surface area contributed by atoms with Crippen molar-refractivity contribution in [3.8, 4) is 11.5 Å². The normalized spacial score (nSPS) is 11.1. The molecule has 0 unspecified atom stereocenters. The second kappa shape index (κ2) is 5.97. The first-order valence-electron chi connectivity index (χ1n) is 6.55. The second-order valence-electron chi connectivity index (χ2n) is 4.45. The third-order valence-electron chi connectivity index (χ3n) is 3.18. The van der Waals surface area contributed by atoms with Crippen molar-refractivity contribution in [2.75, 3.05) is 14.2 Å². The van der Waals surface area contributed by atoms with Gasteiger partial charge in [0.2, 0.25) is 0 Å². The van der Waals surface area contributed by atoms with E-state index in [0.29, 0.717) is 0 Å². The number of benzene rings is 2. The van der Waals surface area contributed by atoms with Crippen molar-refractivity contribution < 1.29 is 9.47 Å². The van der Waals surface area contributed by atoms with Crippen LogP contribution in [0.4, 0.5) is 5.69 Å². The van der Waals surface area contributed by atoms with Crippen LogP contribution in [0.2, 0.25) is 0 Å². The Hall–Kier alpha value is -2.33. The molecule has 3 nitrogen and oxygen atoms in total. The van der Waals surface area contributed by atoms with Crippen molar-refractivity contribution in [1.29, 1.82) is 0 Å². The zero-order valence-electron chi connectivity index (χ0n) is 11.9. The molecule has 3 rings (SSSR count). The number of ether oxygens (including phenoxy) is 2. The number of methoxy groups -OCH3 is 2. The molecule has 0 atom stereocenters. The molecule has 3 aromatic rings. The Morgan fingerprint density at radius 2 is 1.71 bits per heavy atom. The number of hydrogen-bond donors (Lipinski definition) is 0. The molecule has 0 amide bonds. The first-order chi connectivity index (χ1) is 10.3. The summed E-state index contributed by atoms with van der Waals surface area (Å²) in [6.45, 7) is 0. The maximum Gasteiger partial charge on any atom is 0.146 e. The third kappa shape index (κ3) is 2.76. The number of rotatable bonds is 4. The fourth-order valence-corrected chi connectivity index (χ4v) is 3.18. The maximum atomic E-state index is 5.52. The minimum absolute atomic E-state index is 0.827. The van der Waals surface area contributed by atoms with Gasteiger partial charge in [-0.2, -0.15) is 0 Å². The summed E-state index contributed by atoms with van der Waals surface area (Å²) in [6, 6.07) is 15.8. The summed E-state index contributed by atoms with van der Waals surface area (Å²) in [4.78, 5) is 5.53. The largest absolute Gasteiger partial charge is 0.497 e. The molecule has 0 saturated heterocycles. The van der Waals surface area contributed by atoms with Gasteiger partial charge >= 0.3 is 0 Å². The van der Waals surface area contributed by atoms with Gasteiger partial charge in [0, 0.05) is 16.3 Å². The molecular formula is C17H15NO2S. The van der Waals surface area contributed by atoms with E-state index in [4.69, 9.17) is 9.47 Å². The molecule has 4 heteroatoms. The molecule has 0 fully saturated rings. The van der Waals surface area contributed by atoms with E-state index >= 15 is 0 Å². The number of nitrogens with zero attached hydrogens (tertiary/aromatic N) is 1. The van der Waals surface area contributed by atoms with Gasteiger partial charge in [0.1, 0.15) is 11.5 Å². The summed E-state index contributed by atoms with van der Waals surface area (Å²) in [7, 11) is 3.35. The van der Waals surface area contributed by atoms with Gasteiger partial charge in [-0.05, 0) is 36.4 Å². The lowest BCUT2D eigenvalue weighted by Crippen LogP contribution is -1.85. The zero-order chi connectivity index (χ0) is 14.7. The highest BCUT2D eigenvalue weighted by atomic mass is 32.1. The van der Waals surface area contributed by atoms with E-state index in [-0.39, 0.29) is 0 Å². The van der Waals surface area contributed by atoms with Crippen LogP contribution >= 0.6 is 11.3 Å². The van der Waals surface area contributed by atoms with Crippen molar-refractivity contribution in [2.24, 2.45) is 4.99 Å². The predicted octanol–water partition coefficient (Wildman–Crippen LogP) is 4.67. The van der Waals surface area contributed by atoms with Crippen LogP contribution in [-0.2, 0) is 0 Å². The Kier molecular flexibility index (Phi) is 3.88. The van der Waals surface area contributed by atoms with Crippen molar-refractivity contribution in [3.63, 3.8) is 0 Å². The van der Waals surface area contributed by atoms with Gasteiger partial charge in [-0.15, -0.1) is 11.3 Å². The van der Waals surface area contributed by atoms with Crippen molar-refractivity contribution in [2.45, 2.75) is 0 Å². The van der Waals surface area contributed by atoms with Crippen LogP contribution < -0.4 is 9.47 Å². The average Bonchev–Trinajstić information content (AvgIpc) is 2.91. The fourth-order valence-electron chi connectivity index (χ4n) is 2.14. The Labute approximate surface area is 127 Å². The molecule has 21 heavy (non-hydrogen) atoms. The van der Waals surface area contributed by atoms with Gasteiger partial charge in [0.15, 0.2) is 0 Å². The Balaban J connectivity index is 1.94. The third-order valence-corrected chi connectivity index (χ3v) is 4.27. The van der Waals surface area contributed by atoms with Crippen LogP contribution in [0, 0.1) is 0 Å². The van der Waals surface area contributed by atoms with Gasteiger partial charge in [-0.1, -0.05) is 12.1 Å². The van der Waals surface area contributed by atoms with Crippen LogP contribution in [-0.4, -0.2) is 20.4 Å². The second-order valence-corrected chi connectivity index (χ2v) is 5.54. The van der Waals surface area contributed by atoms with Gasteiger partial charge in [-0.25, -0.2) is 0 Å². The molecule has 1 heterocycles. The van der Waals surface area contributed by atoms with Crippen molar-refractivity contribution >= 4 is 33.3 Å². The first-order valence-corrected chi connectivity index (χ1v) is 7.37. The predicted molar refractivity (Wildman–Crippen MR) is 88.6 cm³/mol. The number of hydrogen-bond acceptors (Lipinski definition) is 4. The van der Waals surface area contributed by atoms with Crippen molar-refractivity contribution in [3.05, 3.63) is 53.4 Å². The van der Waals surface area contributed by atoms with E-state index in [9.17, 15) is 0 Å². The highest BCUT2D eigenvalue weighted by Crippen LogP contribution is 2.36. The number of fused-ring (bicyclic) bond motifs is 1. The summed E-state index contributed by atoms with van der Waals surface area (Å²) in [6.07, 6.45) is 1.85. The molecule has 0 radical (unpaired) electrons. The molecule has 1 aromatic heterocycles. The Morgan fingerprint density at radius 3 is 2.43 bits per heavy atom. The van der Waals surface area contributed by atoms with Crippen LogP contribution in [0.1, 0.15) is 4.88 Å². The molecule has 0 aliphatic heterocycles. The molecule has 0 aliphatic carbocycles. The standard InChI is InChI=1S/C17H15NO2S/c1-19-13-9-7-12(8-10-13)18-11-16-17(20-2)14-5-3-4-6-15(14)21-16/h3-11H,1-2H3. The summed E-state index contributed by atoms with van der Waals surface area (Å²) in [5, 5.41) is 1.13. The zero-order valence-corrected chi connectivity index (χ0v) is 12.7. The fraction of sp³-hybridized carbons (Fsp3) is 0.118. The van der Waals surface area contributed by atoms with E-state index in [1.54, 1.807) is 25.6 Å². The lowest BCUT2D eigenvalue weighted by atomic mass is 10.2. The molecule has 0 saturated carbocycles. The topological polar surface area (TPSA) is 30.8 Å². The van der Waals surface area contributed by atoms with Gasteiger partial charge in [0.25, 0.3) is 0 Å². The molecule has 0 aliphatic rings. The van der Waals surface area contributed by atoms with Crippen LogP contribution in [0.3, 0.4) is 0 Å². The number of aliphatic imine (C=N–C) groups is 1. The van der Waals surface area contributed by atoms with Gasteiger partial charge < -0.3 is 9.47 Å². The number of thiophene rings is 1. The Morgan fingerprint density at radius 1 is 0.952 bits per heavy atom. The van der Waals surface area contributed by atoms with Gasteiger partial charge in [-0.3, -0.25) is 4.99 Å². The molecule has 106 valence electrons. The average molecular weight is 297 g/mol.